The van der Waals surface area contributed by atoms with Crippen LogP contribution in [0.15, 0.2) is 6.20 Å². The van der Waals surface area contributed by atoms with E-state index in [0.717, 1.165) is 6.20 Å². The highest BCUT2D eigenvalue weighted by Gasteiger charge is 2.23. The molecule has 0 spiro atoms. The van der Waals surface area contributed by atoms with Crippen molar-refractivity contribution in [2.75, 3.05) is 5.32 Å². The summed E-state index contributed by atoms with van der Waals surface area (Å²) in [4.78, 5) is 17.9. The molecule has 0 radical (unpaired) electrons. The van der Waals surface area contributed by atoms with Crippen LogP contribution in [0, 0.1) is 11.7 Å². The van der Waals surface area contributed by atoms with Gasteiger partial charge in [-0.2, -0.15) is 4.98 Å². The molecule has 1 atom stereocenters. The van der Waals surface area contributed by atoms with E-state index in [2.05, 4.69) is 15.3 Å². The maximum Gasteiger partial charge on any atom is 0.326 e. The Morgan fingerprint density at radius 1 is 1.62 bits per heavy atom. The zero-order valence-corrected chi connectivity index (χ0v) is 9.49. The predicted molar refractivity (Wildman–Crippen MR) is 56.9 cm³/mol. The van der Waals surface area contributed by atoms with Crippen LogP contribution in [-0.4, -0.2) is 27.1 Å². The van der Waals surface area contributed by atoms with Gasteiger partial charge in [0.25, 0.3) is 0 Å². The third-order valence-electron chi connectivity index (χ3n) is 1.94. The minimum absolute atomic E-state index is 0.142. The van der Waals surface area contributed by atoms with Gasteiger partial charge in [0, 0.05) is 0 Å². The lowest BCUT2D eigenvalue weighted by molar-refractivity contribution is -0.138. The molecule has 1 aromatic heterocycles. The number of aromatic nitrogens is 2. The van der Waals surface area contributed by atoms with Crippen molar-refractivity contribution in [1.82, 2.24) is 9.97 Å². The molecule has 2 N–H and O–H groups in total. The standard InChI is InChI=1S/C9H11ClFN3O2/c1-4(2)6(8(15)16)13-7-5(11)3-12-9(10)14-7/h3-4,6H,1-2H3,(H,15,16)(H,12,13,14)/t6-/m1/s1. The Morgan fingerprint density at radius 3 is 2.75 bits per heavy atom. The quantitative estimate of drug-likeness (QED) is 0.794. The predicted octanol–water partition coefficient (Wildman–Crippen LogP) is 1.79. The van der Waals surface area contributed by atoms with Crippen molar-refractivity contribution in [1.29, 1.82) is 0 Å². The van der Waals surface area contributed by atoms with E-state index in [1.807, 2.05) is 0 Å². The third kappa shape index (κ3) is 3.03. The first-order chi connectivity index (χ1) is 7.41. The summed E-state index contributed by atoms with van der Waals surface area (Å²) in [5.74, 6) is -2.24. The van der Waals surface area contributed by atoms with Crippen LogP contribution in [0.2, 0.25) is 5.28 Å². The molecule has 0 amide bonds. The zero-order chi connectivity index (χ0) is 12.3. The molecule has 0 bridgehead atoms. The van der Waals surface area contributed by atoms with E-state index in [4.69, 9.17) is 16.7 Å². The number of halogens is 2. The SMILES string of the molecule is CC(C)[C@@H](Nc1nc(Cl)ncc1F)C(=O)O. The molecular formula is C9H11ClFN3O2. The van der Waals surface area contributed by atoms with Crippen molar-refractivity contribution >= 4 is 23.4 Å². The summed E-state index contributed by atoms with van der Waals surface area (Å²) in [5.41, 5.74) is 0. The number of carboxylic acid groups (broad SMARTS) is 1. The van der Waals surface area contributed by atoms with Crippen molar-refractivity contribution in [3.63, 3.8) is 0 Å². The summed E-state index contributed by atoms with van der Waals surface area (Å²) < 4.78 is 13.2. The molecule has 0 aliphatic carbocycles. The van der Waals surface area contributed by atoms with E-state index in [9.17, 15) is 9.18 Å². The van der Waals surface area contributed by atoms with Gasteiger partial charge in [0.05, 0.1) is 6.20 Å². The van der Waals surface area contributed by atoms with Gasteiger partial charge < -0.3 is 10.4 Å². The highest BCUT2D eigenvalue weighted by Crippen LogP contribution is 2.15. The summed E-state index contributed by atoms with van der Waals surface area (Å²) in [6.45, 7) is 3.40. The fraction of sp³-hybridized carbons (Fsp3) is 0.444. The van der Waals surface area contributed by atoms with E-state index in [0.29, 0.717) is 0 Å². The minimum atomic E-state index is -1.08. The number of nitrogens with one attached hydrogen (secondary N) is 1. The number of aliphatic carboxylic acids is 1. The molecule has 16 heavy (non-hydrogen) atoms. The molecular weight excluding hydrogens is 237 g/mol. The number of hydrogen-bond donors (Lipinski definition) is 2. The van der Waals surface area contributed by atoms with Crippen LogP contribution in [-0.2, 0) is 4.79 Å². The summed E-state index contributed by atoms with van der Waals surface area (Å²) in [7, 11) is 0. The smallest absolute Gasteiger partial charge is 0.326 e. The highest BCUT2D eigenvalue weighted by molar-refractivity contribution is 6.28. The summed E-state index contributed by atoms with van der Waals surface area (Å²) in [5, 5.41) is 11.2. The van der Waals surface area contributed by atoms with Crippen molar-refractivity contribution in [2.45, 2.75) is 19.9 Å². The number of carboxylic acids is 1. The third-order valence-corrected chi connectivity index (χ3v) is 2.12. The lowest BCUT2D eigenvalue weighted by Crippen LogP contribution is -2.35. The lowest BCUT2D eigenvalue weighted by Gasteiger charge is -2.18. The summed E-state index contributed by atoms with van der Waals surface area (Å²) in [6.07, 6.45) is 0.886. The Balaban J connectivity index is 2.93. The first kappa shape index (κ1) is 12.6. The Morgan fingerprint density at radius 2 is 2.25 bits per heavy atom. The molecule has 0 aliphatic rings. The molecule has 0 unspecified atom stereocenters. The van der Waals surface area contributed by atoms with E-state index < -0.39 is 17.8 Å². The maximum absolute atomic E-state index is 13.2. The van der Waals surface area contributed by atoms with Crippen molar-refractivity contribution in [2.24, 2.45) is 5.92 Å². The van der Waals surface area contributed by atoms with Crippen LogP contribution in [0.4, 0.5) is 10.2 Å². The Hall–Kier alpha value is -1.43. The van der Waals surface area contributed by atoms with Crippen molar-refractivity contribution in [3.05, 3.63) is 17.3 Å². The lowest BCUT2D eigenvalue weighted by atomic mass is 10.1. The second-order valence-electron chi connectivity index (χ2n) is 3.54. The normalized spacial score (nSPS) is 12.6. The monoisotopic (exact) mass is 247 g/mol. The summed E-state index contributed by atoms with van der Waals surface area (Å²) >= 11 is 5.48. The zero-order valence-electron chi connectivity index (χ0n) is 8.74. The molecule has 0 saturated heterocycles. The van der Waals surface area contributed by atoms with Crippen LogP contribution in [0.3, 0.4) is 0 Å². The molecule has 0 fully saturated rings. The molecule has 0 saturated carbocycles. The molecule has 1 aromatic rings. The van der Waals surface area contributed by atoms with E-state index in [1.54, 1.807) is 13.8 Å². The van der Waals surface area contributed by atoms with E-state index in [1.165, 1.54) is 0 Å². The number of rotatable bonds is 4. The number of anilines is 1. The second kappa shape index (κ2) is 5.07. The van der Waals surface area contributed by atoms with Gasteiger partial charge in [-0.15, -0.1) is 0 Å². The van der Waals surface area contributed by atoms with Gasteiger partial charge in [0.2, 0.25) is 5.28 Å². The Labute approximate surface area is 96.7 Å². The molecule has 88 valence electrons. The molecule has 5 nitrogen and oxygen atoms in total. The van der Waals surface area contributed by atoms with E-state index in [-0.39, 0.29) is 17.0 Å². The molecule has 0 aliphatic heterocycles. The fourth-order valence-corrected chi connectivity index (χ4v) is 1.24. The molecule has 1 rings (SSSR count). The van der Waals surface area contributed by atoms with Crippen LogP contribution in [0.1, 0.15) is 13.8 Å². The number of hydrogen-bond acceptors (Lipinski definition) is 4. The van der Waals surface area contributed by atoms with Crippen LogP contribution >= 0.6 is 11.6 Å². The average molecular weight is 248 g/mol. The van der Waals surface area contributed by atoms with Crippen LogP contribution in [0.5, 0.6) is 0 Å². The maximum atomic E-state index is 13.2. The largest absolute Gasteiger partial charge is 0.480 e. The van der Waals surface area contributed by atoms with Gasteiger partial charge in [-0.1, -0.05) is 13.8 Å². The van der Waals surface area contributed by atoms with Gasteiger partial charge in [0.1, 0.15) is 6.04 Å². The van der Waals surface area contributed by atoms with Gasteiger partial charge in [-0.05, 0) is 17.5 Å². The van der Waals surface area contributed by atoms with Gasteiger partial charge in [-0.3, -0.25) is 0 Å². The van der Waals surface area contributed by atoms with E-state index >= 15 is 0 Å². The van der Waals surface area contributed by atoms with Crippen molar-refractivity contribution < 1.29 is 14.3 Å². The molecule has 1 heterocycles. The summed E-state index contributed by atoms with van der Waals surface area (Å²) in [6, 6.07) is -0.930. The highest BCUT2D eigenvalue weighted by atomic mass is 35.5. The fourth-order valence-electron chi connectivity index (χ4n) is 1.11. The van der Waals surface area contributed by atoms with Gasteiger partial charge >= 0.3 is 5.97 Å². The van der Waals surface area contributed by atoms with Crippen LogP contribution in [0.25, 0.3) is 0 Å². The second-order valence-corrected chi connectivity index (χ2v) is 3.88. The number of nitrogens with zero attached hydrogens (tertiary/aromatic N) is 2. The van der Waals surface area contributed by atoms with Gasteiger partial charge in [-0.25, -0.2) is 14.2 Å². The first-order valence-corrected chi connectivity index (χ1v) is 4.97. The van der Waals surface area contributed by atoms with Crippen LogP contribution < -0.4 is 5.32 Å². The Bertz CT molecular complexity index is 400. The molecule has 7 heteroatoms. The molecule has 0 aromatic carbocycles. The van der Waals surface area contributed by atoms with Gasteiger partial charge in [0.15, 0.2) is 11.6 Å². The Kier molecular flexibility index (Phi) is 4.00. The first-order valence-electron chi connectivity index (χ1n) is 4.59. The number of carbonyl (C=O) groups is 1. The average Bonchev–Trinajstić information content (AvgIpc) is 2.18. The minimum Gasteiger partial charge on any atom is -0.480 e. The topological polar surface area (TPSA) is 75.1 Å². The van der Waals surface area contributed by atoms with Crippen molar-refractivity contribution in [3.8, 4) is 0 Å².